The number of thiophene rings is 1. The first-order valence-electron chi connectivity index (χ1n) is 12.5. The Morgan fingerprint density at radius 3 is 2.59 bits per heavy atom. The van der Waals surface area contributed by atoms with Crippen molar-refractivity contribution in [3.05, 3.63) is 94.0 Å². The van der Waals surface area contributed by atoms with E-state index >= 15 is 0 Å². The topological polar surface area (TPSA) is 105 Å². The summed E-state index contributed by atoms with van der Waals surface area (Å²) in [6.45, 7) is 5.56. The quantitative estimate of drug-likeness (QED) is 0.270. The number of carbonyl (C=O) groups excluding carboxylic acids is 1. The van der Waals surface area contributed by atoms with Gasteiger partial charge >= 0.3 is 0 Å². The number of carbonyl (C=O) groups is 1. The highest BCUT2D eigenvalue weighted by Gasteiger charge is 2.45. The fraction of sp³-hybridized carbons (Fsp3) is 0.276. The lowest BCUT2D eigenvalue weighted by Crippen LogP contribution is -2.53. The van der Waals surface area contributed by atoms with Crippen molar-refractivity contribution in [2.45, 2.75) is 49.1 Å². The molecule has 0 fully saturated rings. The largest absolute Gasteiger partial charge is 0.485 e. The van der Waals surface area contributed by atoms with Crippen LogP contribution >= 0.6 is 22.9 Å². The normalized spacial score (nSPS) is 18.4. The maximum atomic E-state index is 13.7. The van der Waals surface area contributed by atoms with Crippen LogP contribution in [0.3, 0.4) is 0 Å². The molecule has 4 aromatic rings. The molecule has 1 aliphatic rings. The van der Waals surface area contributed by atoms with E-state index in [0.717, 1.165) is 27.0 Å². The average Bonchev–Trinajstić information content (AvgIpc) is 3.23. The van der Waals surface area contributed by atoms with Gasteiger partial charge in [0.2, 0.25) is 0 Å². The molecule has 1 amide bonds. The van der Waals surface area contributed by atoms with Gasteiger partial charge in [0.1, 0.15) is 21.7 Å². The standard InChI is InChI=1S/C29H29ClN2O5S2/c1-17-21-16-20(30)10-12-24(21)38-28(17)39(35,36)32-25-22-15-19(9-11-23(22)37-29(2,3)26(25)33)27(34)31-14-13-18-7-5-4-6-8-18/h4-12,15-16,25-26,32-33H,13-14H2,1-3H3,(H,31,34)/t25-,26+/m1/s1. The van der Waals surface area contributed by atoms with E-state index in [-0.39, 0.29) is 10.1 Å². The van der Waals surface area contributed by atoms with Crippen LogP contribution in [0.5, 0.6) is 5.75 Å². The van der Waals surface area contributed by atoms with E-state index in [1.807, 2.05) is 30.3 Å². The lowest BCUT2D eigenvalue weighted by molar-refractivity contribution is -0.0603. The van der Waals surface area contributed by atoms with Gasteiger partial charge in [0, 0.05) is 27.4 Å². The fourth-order valence-electron chi connectivity index (χ4n) is 4.78. The highest BCUT2D eigenvalue weighted by Crippen LogP contribution is 2.42. The molecule has 0 saturated carbocycles. The first-order valence-corrected chi connectivity index (χ1v) is 15.2. The van der Waals surface area contributed by atoms with E-state index in [0.29, 0.717) is 40.4 Å². The molecule has 0 saturated heterocycles. The number of ether oxygens (including phenoxy) is 1. The predicted octanol–water partition coefficient (Wildman–Crippen LogP) is 5.39. The van der Waals surface area contributed by atoms with Crippen molar-refractivity contribution in [2.24, 2.45) is 0 Å². The third-order valence-electron chi connectivity index (χ3n) is 6.93. The minimum atomic E-state index is -4.06. The first kappa shape index (κ1) is 27.6. The number of benzene rings is 3. The number of nitrogens with one attached hydrogen (secondary N) is 2. The van der Waals surface area contributed by atoms with Crippen molar-refractivity contribution in [3.8, 4) is 5.75 Å². The zero-order chi connectivity index (χ0) is 27.9. The molecular formula is C29H29ClN2O5S2. The Bertz CT molecular complexity index is 1650. The first-order chi connectivity index (χ1) is 18.5. The Hall–Kier alpha value is -2.95. The molecule has 10 heteroatoms. The molecule has 3 N–H and O–H groups in total. The Morgan fingerprint density at radius 1 is 1.10 bits per heavy atom. The van der Waals surface area contributed by atoms with Crippen molar-refractivity contribution in [2.75, 3.05) is 6.54 Å². The highest BCUT2D eigenvalue weighted by atomic mass is 35.5. The Morgan fingerprint density at radius 2 is 1.85 bits per heavy atom. The van der Waals surface area contributed by atoms with Crippen molar-refractivity contribution in [1.82, 2.24) is 10.0 Å². The molecule has 0 bridgehead atoms. The number of rotatable bonds is 7. The summed E-state index contributed by atoms with van der Waals surface area (Å²) in [7, 11) is -4.06. The van der Waals surface area contributed by atoms with Crippen LogP contribution in [0.4, 0.5) is 0 Å². The van der Waals surface area contributed by atoms with Crippen LogP contribution in [0.1, 0.15) is 46.9 Å². The molecule has 1 aliphatic heterocycles. The summed E-state index contributed by atoms with van der Waals surface area (Å²) in [5.41, 5.74) is 1.34. The van der Waals surface area contributed by atoms with Gasteiger partial charge in [-0.15, -0.1) is 11.3 Å². The maximum Gasteiger partial charge on any atom is 0.251 e. The van der Waals surface area contributed by atoms with E-state index in [2.05, 4.69) is 10.0 Å². The number of aliphatic hydroxyl groups is 1. The lowest BCUT2D eigenvalue weighted by atomic mass is 9.86. The summed E-state index contributed by atoms with van der Waals surface area (Å²) >= 11 is 7.28. The number of hydrogen-bond acceptors (Lipinski definition) is 6. The van der Waals surface area contributed by atoms with Gasteiger partial charge in [-0.2, -0.15) is 0 Å². The highest BCUT2D eigenvalue weighted by molar-refractivity contribution is 7.91. The van der Waals surface area contributed by atoms with Crippen LogP contribution in [-0.2, 0) is 16.4 Å². The van der Waals surface area contributed by atoms with E-state index in [1.165, 1.54) is 0 Å². The summed E-state index contributed by atoms with van der Waals surface area (Å²) in [6.07, 6.45) is -0.546. The number of hydrogen-bond donors (Lipinski definition) is 3. The van der Waals surface area contributed by atoms with Crippen LogP contribution in [0.2, 0.25) is 5.02 Å². The summed E-state index contributed by atoms with van der Waals surface area (Å²) in [6, 6.07) is 18.9. The number of halogens is 1. The van der Waals surface area contributed by atoms with Crippen LogP contribution in [0.25, 0.3) is 10.1 Å². The minimum Gasteiger partial charge on any atom is -0.485 e. The SMILES string of the molecule is Cc1c(S(=O)(=O)N[C@@H]2c3cc(C(=O)NCCc4ccccc4)ccc3OC(C)(C)[C@H]2O)sc2ccc(Cl)cc12. The van der Waals surface area contributed by atoms with Gasteiger partial charge in [0.05, 0.1) is 6.04 Å². The van der Waals surface area contributed by atoms with Crippen molar-refractivity contribution in [3.63, 3.8) is 0 Å². The summed E-state index contributed by atoms with van der Waals surface area (Å²) in [4.78, 5) is 13.0. The summed E-state index contributed by atoms with van der Waals surface area (Å²) in [5, 5.41) is 15.4. The average molecular weight is 585 g/mol. The number of aryl methyl sites for hydroxylation is 1. The molecule has 39 heavy (non-hydrogen) atoms. The minimum absolute atomic E-state index is 0.146. The Balaban J connectivity index is 1.44. The molecule has 3 aromatic carbocycles. The molecule has 2 heterocycles. The number of amides is 1. The van der Waals surface area contributed by atoms with E-state index in [1.54, 1.807) is 57.2 Å². The molecule has 0 unspecified atom stereocenters. The Labute approximate surface area is 236 Å². The van der Waals surface area contributed by atoms with E-state index in [4.69, 9.17) is 16.3 Å². The summed E-state index contributed by atoms with van der Waals surface area (Å²) in [5.74, 6) is 0.102. The molecule has 2 atom stereocenters. The molecular weight excluding hydrogens is 556 g/mol. The summed E-state index contributed by atoms with van der Waals surface area (Å²) < 4.78 is 37.0. The van der Waals surface area contributed by atoms with Gasteiger partial charge in [-0.1, -0.05) is 41.9 Å². The van der Waals surface area contributed by atoms with Crippen LogP contribution < -0.4 is 14.8 Å². The van der Waals surface area contributed by atoms with Gasteiger partial charge in [-0.3, -0.25) is 4.79 Å². The zero-order valence-electron chi connectivity index (χ0n) is 21.7. The Kier molecular flexibility index (Phi) is 7.47. The number of fused-ring (bicyclic) bond motifs is 2. The van der Waals surface area contributed by atoms with E-state index < -0.39 is 27.8 Å². The predicted molar refractivity (Wildman–Crippen MR) is 154 cm³/mol. The second-order valence-corrected chi connectivity index (χ2v) is 13.5. The van der Waals surface area contributed by atoms with Crippen molar-refractivity contribution in [1.29, 1.82) is 0 Å². The molecule has 0 aliphatic carbocycles. The zero-order valence-corrected chi connectivity index (χ0v) is 24.1. The van der Waals surface area contributed by atoms with Gasteiger partial charge in [-0.25, -0.2) is 13.1 Å². The van der Waals surface area contributed by atoms with Gasteiger partial charge in [0.15, 0.2) is 0 Å². The van der Waals surface area contributed by atoms with Crippen molar-refractivity contribution < 1.29 is 23.1 Å². The third kappa shape index (κ3) is 5.55. The van der Waals surface area contributed by atoms with Gasteiger partial charge < -0.3 is 15.2 Å². The smallest absolute Gasteiger partial charge is 0.251 e. The van der Waals surface area contributed by atoms with Gasteiger partial charge in [0.25, 0.3) is 15.9 Å². The molecule has 7 nitrogen and oxygen atoms in total. The maximum absolute atomic E-state index is 13.7. The molecule has 5 rings (SSSR count). The second-order valence-electron chi connectivity index (χ2n) is 10.1. The fourth-order valence-corrected chi connectivity index (χ4v) is 7.94. The third-order valence-corrected chi connectivity index (χ3v) is 10.5. The van der Waals surface area contributed by atoms with Crippen LogP contribution in [0, 0.1) is 6.92 Å². The van der Waals surface area contributed by atoms with Crippen LogP contribution in [-0.4, -0.2) is 37.7 Å². The van der Waals surface area contributed by atoms with Crippen molar-refractivity contribution >= 4 is 49.0 Å². The number of sulfonamides is 1. The monoisotopic (exact) mass is 584 g/mol. The molecule has 1 aromatic heterocycles. The van der Waals surface area contributed by atoms with Crippen LogP contribution in [0.15, 0.2) is 70.9 Å². The number of aliphatic hydroxyl groups excluding tert-OH is 1. The molecule has 0 radical (unpaired) electrons. The lowest BCUT2D eigenvalue weighted by Gasteiger charge is -2.42. The van der Waals surface area contributed by atoms with E-state index in [9.17, 15) is 18.3 Å². The molecule has 204 valence electrons. The molecule has 0 spiro atoms. The van der Waals surface area contributed by atoms with Gasteiger partial charge in [-0.05, 0) is 80.1 Å². The second kappa shape index (κ2) is 10.6.